The summed E-state index contributed by atoms with van der Waals surface area (Å²) in [5.74, 6) is 0.139. The van der Waals surface area contributed by atoms with E-state index in [4.69, 9.17) is 0 Å². The molecule has 0 fully saturated rings. The van der Waals surface area contributed by atoms with Crippen molar-refractivity contribution in [2.24, 2.45) is 0 Å². The number of nitrogens with one attached hydrogen (secondary N) is 3. The van der Waals surface area contributed by atoms with Crippen molar-refractivity contribution >= 4 is 17.6 Å². The van der Waals surface area contributed by atoms with Crippen LogP contribution in [0.5, 0.6) is 0 Å². The van der Waals surface area contributed by atoms with Crippen molar-refractivity contribution in [3.8, 4) is 5.82 Å². The Labute approximate surface area is 150 Å². The third kappa shape index (κ3) is 4.67. The number of pyridine rings is 1. The average Bonchev–Trinajstić information content (AvgIpc) is 3.20. The van der Waals surface area contributed by atoms with Crippen molar-refractivity contribution in [3.63, 3.8) is 0 Å². The number of hydrogen-bond acceptors (Lipinski definition) is 4. The van der Waals surface area contributed by atoms with Crippen LogP contribution in [0.3, 0.4) is 0 Å². The molecule has 0 atom stereocenters. The number of carbonyl (C=O) groups excluding carboxylic acids is 2. The summed E-state index contributed by atoms with van der Waals surface area (Å²) in [4.78, 5) is 28.1. The first kappa shape index (κ1) is 17.2. The summed E-state index contributed by atoms with van der Waals surface area (Å²) in [5.41, 5.74) is 1.49. The highest BCUT2D eigenvalue weighted by molar-refractivity contribution is 5.95. The molecule has 0 spiro atoms. The minimum absolute atomic E-state index is 0.159. The number of rotatable bonds is 6. The Morgan fingerprint density at radius 3 is 2.58 bits per heavy atom. The molecule has 2 heterocycles. The maximum Gasteiger partial charge on any atom is 0.315 e. The van der Waals surface area contributed by atoms with Gasteiger partial charge in [-0.1, -0.05) is 30.3 Å². The molecule has 0 saturated heterocycles. The Morgan fingerprint density at radius 1 is 0.962 bits per heavy atom. The topological polar surface area (TPSA) is 101 Å². The highest BCUT2D eigenvalue weighted by atomic mass is 16.2. The zero-order valence-corrected chi connectivity index (χ0v) is 13.9. The van der Waals surface area contributed by atoms with Crippen LogP contribution in [-0.2, 0) is 11.3 Å². The van der Waals surface area contributed by atoms with Crippen LogP contribution in [0.4, 0.5) is 10.5 Å². The van der Waals surface area contributed by atoms with Crippen molar-refractivity contribution in [2.75, 3.05) is 11.9 Å². The molecule has 0 unspecified atom stereocenters. The molecule has 0 aliphatic rings. The van der Waals surface area contributed by atoms with Gasteiger partial charge in [0.2, 0.25) is 5.91 Å². The van der Waals surface area contributed by atoms with Crippen molar-refractivity contribution in [1.29, 1.82) is 0 Å². The van der Waals surface area contributed by atoms with Crippen molar-refractivity contribution in [2.45, 2.75) is 6.54 Å². The maximum absolute atomic E-state index is 12.1. The molecular weight excluding hydrogens is 332 g/mol. The molecule has 0 bridgehead atoms. The summed E-state index contributed by atoms with van der Waals surface area (Å²) < 4.78 is 1.55. The molecule has 3 N–H and O–H groups in total. The van der Waals surface area contributed by atoms with Gasteiger partial charge >= 0.3 is 6.03 Å². The summed E-state index contributed by atoms with van der Waals surface area (Å²) >= 11 is 0. The minimum Gasteiger partial charge on any atom is -0.334 e. The second-order valence-corrected chi connectivity index (χ2v) is 5.40. The van der Waals surface area contributed by atoms with Crippen LogP contribution in [0, 0.1) is 0 Å². The molecule has 3 amide bonds. The number of urea groups is 1. The molecular formula is C18H18N6O2. The van der Waals surface area contributed by atoms with Crippen molar-refractivity contribution < 1.29 is 9.59 Å². The van der Waals surface area contributed by atoms with E-state index in [0.29, 0.717) is 18.1 Å². The summed E-state index contributed by atoms with van der Waals surface area (Å²) in [6.07, 6.45) is 4.97. The van der Waals surface area contributed by atoms with Crippen LogP contribution < -0.4 is 16.0 Å². The van der Waals surface area contributed by atoms with Crippen LogP contribution in [0.1, 0.15) is 5.56 Å². The third-order valence-electron chi connectivity index (χ3n) is 3.49. The van der Waals surface area contributed by atoms with Crippen LogP contribution in [0.15, 0.2) is 67.1 Å². The lowest BCUT2D eigenvalue weighted by Crippen LogP contribution is -2.39. The molecule has 0 aliphatic heterocycles. The molecule has 3 aromatic rings. The Kier molecular flexibility index (Phi) is 5.56. The zero-order valence-electron chi connectivity index (χ0n) is 13.9. The second kappa shape index (κ2) is 8.43. The monoisotopic (exact) mass is 350 g/mol. The van der Waals surface area contributed by atoms with Gasteiger partial charge in [0, 0.05) is 25.1 Å². The van der Waals surface area contributed by atoms with Crippen LogP contribution >= 0.6 is 0 Å². The van der Waals surface area contributed by atoms with Gasteiger partial charge in [-0.3, -0.25) is 4.79 Å². The van der Waals surface area contributed by atoms with Gasteiger partial charge in [0.05, 0.1) is 12.2 Å². The first-order valence-corrected chi connectivity index (χ1v) is 8.03. The average molecular weight is 350 g/mol. The van der Waals surface area contributed by atoms with E-state index in [1.807, 2.05) is 30.3 Å². The number of benzene rings is 1. The Hall–Kier alpha value is -3.68. The molecule has 132 valence electrons. The summed E-state index contributed by atoms with van der Waals surface area (Å²) in [6, 6.07) is 14.3. The molecule has 26 heavy (non-hydrogen) atoms. The maximum atomic E-state index is 12.1. The van der Waals surface area contributed by atoms with Crippen LogP contribution in [0.25, 0.3) is 5.82 Å². The van der Waals surface area contributed by atoms with Gasteiger partial charge in [-0.25, -0.2) is 14.5 Å². The van der Waals surface area contributed by atoms with E-state index in [0.717, 1.165) is 5.56 Å². The number of nitrogens with zero attached hydrogens (tertiary/aromatic N) is 3. The molecule has 0 radical (unpaired) electrons. The van der Waals surface area contributed by atoms with E-state index in [1.54, 1.807) is 41.5 Å². The fourth-order valence-corrected chi connectivity index (χ4v) is 2.27. The molecule has 8 nitrogen and oxygen atoms in total. The summed E-state index contributed by atoms with van der Waals surface area (Å²) in [7, 11) is 0. The quantitative estimate of drug-likeness (QED) is 0.630. The fraction of sp³-hybridized carbons (Fsp3) is 0.111. The largest absolute Gasteiger partial charge is 0.334 e. The molecule has 0 saturated carbocycles. The van der Waals surface area contributed by atoms with Gasteiger partial charge < -0.3 is 16.0 Å². The van der Waals surface area contributed by atoms with Gasteiger partial charge in [0.1, 0.15) is 0 Å². The van der Waals surface area contributed by atoms with E-state index >= 15 is 0 Å². The van der Waals surface area contributed by atoms with E-state index in [-0.39, 0.29) is 12.5 Å². The normalized spacial score (nSPS) is 10.2. The first-order chi connectivity index (χ1) is 12.7. The standard InChI is InChI=1S/C18H18N6O2/c25-16(13-21-18(26)20-12-14-6-2-1-3-7-14)23-15-8-4-9-19-17(15)24-11-5-10-22-24/h1-11H,12-13H2,(H,23,25)(H2,20,21,26). The van der Waals surface area contributed by atoms with Gasteiger partial charge in [-0.2, -0.15) is 5.10 Å². The lowest BCUT2D eigenvalue weighted by atomic mass is 10.2. The number of hydrogen-bond donors (Lipinski definition) is 3. The Bertz CT molecular complexity index is 864. The Balaban J connectivity index is 1.50. The molecule has 1 aromatic carbocycles. The third-order valence-corrected chi connectivity index (χ3v) is 3.49. The summed E-state index contributed by atoms with van der Waals surface area (Å²) in [6.45, 7) is 0.231. The van der Waals surface area contributed by atoms with E-state index in [2.05, 4.69) is 26.0 Å². The van der Waals surface area contributed by atoms with E-state index in [9.17, 15) is 9.59 Å². The summed E-state index contributed by atoms with van der Waals surface area (Å²) in [5, 5.41) is 12.0. The number of anilines is 1. The number of amides is 3. The van der Waals surface area contributed by atoms with Gasteiger partial charge in [-0.15, -0.1) is 0 Å². The van der Waals surface area contributed by atoms with Crippen molar-refractivity contribution in [3.05, 3.63) is 72.7 Å². The molecule has 8 heteroatoms. The highest BCUT2D eigenvalue weighted by Gasteiger charge is 2.10. The van der Waals surface area contributed by atoms with Crippen LogP contribution in [0.2, 0.25) is 0 Å². The zero-order chi connectivity index (χ0) is 18.2. The van der Waals surface area contributed by atoms with Crippen LogP contribution in [-0.4, -0.2) is 33.2 Å². The second-order valence-electron chi connectivity index (χ2n) is 5.40. The molecule has 2 aromatic heterocycles. The minimum atomic E-state index is -0.414. The van der Waals surface area contributed by atoms with E-state index < -0.39 is 6.03 Å². The lowest BCUT2D eigenvalue weighted by Gasteiger charge is -2.11. The van der Waals surface area contributed by atoms with Gasteiger partial charge in [0.15, 0.2) is 5.82 Å². The van der Waals surface area contributed by atoms with Gasteiger partial charge in [-0.05, 0) is 23.8 Å². The Morgan fingerprint density at radius 2 is 1.81 bits per heavy atom. The lowest BCUT2D eigenvalue weighted by molar-refractivity contribution is -0.115. The fourth-order valence-electron chi connectivity index (χ4n) is 2.27. The molecule has 0 aliphatic carbocycles. The van der Waals surface area contributed by atoms with E-state index in [1.165, 1.54) is 0 Å². The predicted molar refractivity (Wildman–Crippen MR) is 96.7 cm³/mol. The first-order valence-electron chi connectivity index (χ1n) is 8.03. The SMILES string of the molecule is O=C(CNC(=O)NCc1ccccc1)Nc1cccnc1-n1cccn1. The predicted octanol–water partition coefficient (Wildman–Crippen LogP) is 1.71. The van der Waals surface area contributed by atoms with Gasteiger partial charge in [0.25, 0.3) is 0 Å². The smallest absolute Gasteiger partial charge is 0.315 e. The number of carbonyl (C=O) groups is 2. The van der Waals surface area contributed by atoms with Crippen molar-refractivity contribution in [1.82, 2.24) is 25.4 Å². The number of aromatic nitrogens is 3. The molecule has 3 rings (SSSR count). The highest BCUT2D eigenvalue weighted by Crippen LogP contribution is 2.15.